The van der Waals surface area contributed by atoms with Gasteiger partial charge in [0.1, 0.15) is 5.75 Å². The standard InChI is InChI=1S/C19H22N2O7S/c1-26-12-11-20-29(24,25)17-9-7-16(8-10-17)28-13-18(22)21-15-5-3-14(4-6-15)19(23)27-2/h3-10,20H,11-13H2,1-2H3,(H,21,22). The molecule has 0 aliphatic heterocycles. The molecule has 2 aromatic carbocycles. The molecule has 0 spiro atoms. The molecule has 1 amide bonds. The Morgan fingerprint density at radius 3 is 2.21 bits per heavy atom. The quantitative estimate of drug-likeness (QED) is 0.439. The Hall–Kier alpha value is -2.95. The van der Waals surface area contributed by atoms with E-state index in [2.05, 4.69) is 14.8 Å². The fraction of sp³-hybridized carbons (Fsp3) is 0.263. The highest BCUT2D eigenvalue weighted by Crippen LogP contribution is 2.16. The first-order chi connectivity index (χ1) is 13.9. The average Bonchev–Trinajstić information content (AvgIpc) is 2.72. The van der Waals surface area contributed by atoms with Crippen molar-refractivity contribution in [1.29, 1.82) is 0 Å². The summed E-state index contributed by atoms with van der Waals surface area (Å²) in [7, 11) is -0.864. The number of esters is 1. The number of anilines is 1. The highest BCUT2D eigenvalue weighted by Gasteiger charge is 2.13. The molecule has 9 nitrogen and oxygen atoms in total. The van der Waals surface area contributed by atoms with Crippen LogP contribution in [0.25, 0.3) is 0 Å². The highest BCUT2D eigenvalue weighted by molar-refractivity contribution is 7.89. The first kappa shape index (κ1) is 22.3. The van der Waals surface area contributed by atoms with E-state index in [0.29, 0.717) is 17.0 Å². The lowest BCUT2D eigenvalue weighted by molar-refractivity contribution is -0.118. The molecule has 10 heteroatoms. The molecule has 0 fully saturated rings. The molecule has 0 heterocycles. The van der Waals surface area contributed by atoms with E-state index in [0.717, 1.165) is 0 Å². The third kappa shape index (κ3) is 6.86. The molecule has 2 N–H and O–H groups in total. The van der Waals surface area contributed by atoms with E-state index < -0.39 is 21.9 Å². The molecule has 0 atom stereocenters. The van der Waals surface area contributed by atoms with Crippen LogP contribution in [0.3, 0.4) is 0 Å². The van der Waals surface area contributed by atoms with Gasteiger partial charge in [0.15, 0.2) is 6.61 Å². The van der Waals surface area contributed by atoms with Crippen LogP contribution in [0.2, 0.25) is 0 Å². The van der Waals surface area contributed by atoms with Crippen LogP contribution < -0.4 is 14.8 Å². The molecule has 0 saturated carbocycles. The monoisotopic (exact) mass is 422 g/mol. The smallest absolute Gasteiger partial charge is 0.337 e. The molecule has 0 aromatic heterocycles. The Labute approximate surface area is 169 Å². The summed E-state index contributed by atoms with van der Waals surface area (Å²) >= 11 is 0. The molecule has 0 unspecified atom stereocenters. The van der Waals surface area contributed by atoms with Gasteiger partial charge in [-0.2, -0.15) is 0 Å². The number of benzene rings is 2. The zero-order valence-electron chi connectivity index (χ0n) is 16.0. The fourth-order valence-electron chi connectivity index (χ4n) is 2.23. The second-order valence-corrected chi connectivity index (χ2v) is 7.53. The zero-order valence-corrected chi connectivity index (χ0v) is 16.8. The first-order valence-electron chi connectivity index (χ1n) is 8.55. The lowest BCUT2D eigenvalue weighted by Gasteiger charge is -2.09. The van der Waals surface area contributed by atoms with Crippen molar-refractivity contribution in [1.82, 2.24) is 4.72 Å². The molecule has 2 rings (SSSR count). The molecule has 156 valence electrons. The van der Waals surface area contributed by atoms with Crippen LogP contribution in [-0.4, -0.2) is 54.3 Å². The van der Waals surface area contributed by atoms with Crippen molar-refractivity contribution in [2.24, 2.45) is 0 Å². The van der Waals surface area contributed by atoms with Crippen molar-refractivity contribution in [2.45, 2.75) is 4.90 Å². The Bertz CT molecular complexity index is 926. The SMILES string of the molecule is COCCNS(=O)(=O)c1ccc(OCC(=O)Nc2ccc(C(=O)OC)cc2)cc1. The minimum Gasteiger partial charge on any atom is -0.484 e. The second kappa shape index (κ2) is 10.6. The second-order valence-electron chi connectivity index (χ2n) is 5.77. The van der Waals surface area contributed by atoms with Gasteiger partial charge in [-0.05, 0) is 48.5 Å². The third-order valence-corrected chi connectivity index (χ3v) is 5.17. The summed E-state index contributed by atoms with van der Waals surface area (Å²) < 4.78 is 41.3. The van der Waals surface area contributed by atoms with Gasteiger partial charge >= 0.3 is 5.97 Å². The van der Waals surface area contributed by atoms with Crippen LogP contribution in [0.5, 0.6) is 5.75 Å². The third-order valence-electron chi connectivity index (χ3n) is 3.69. The number of hydrogen-bond acceptors (Lipinski definition) is 7. The van der Waals surface area contributed by atoms with Crippen molar-refractivity contribution in [3.8, 4) is 5.75 Å². The number of methoxy groups -OCH3 is 2. The minimum absolute atomic E-state index is 0.0797. The Morgan fingerprint density at radius 1 is 0.966 bits per heavy atom. The summed E-state index contributed by atoms with van der Waals surface area (Å²) in [5.41, 5.74) is 0.864. The number of ether oxygens (including phenoxy) is 3. The molecule has 0 radical (unpaired) electrons. The summed E-state index contributed by atoms with van der Waals surface area (Å²) in [6.45, 7) is 0.162. The average molecular weight is 422 g/mol. The number of hydrogen-bond donors (Lipinski definition) is 2. The largest absolute Gasteiger partial charge is 0.484 e. The van der Waals surface area contributed by atoms with Gasteiger partial charge < -0.3 is 19.5 Å². The molecule has 0 saturated heterocycles. The highest BCUT2D eigenvalue weighted by atomic mass is 32.2. The predicted octanol–water partition coefficient (Wildman–Crippen LogP) is 1.42. The Morgan fingerprint density at radius 2 is 1.62 bits per heavy atom. The molecule has 0 aliphatic carbocycles. The number of amides is 1. The summed E-state index contributed by atoms with van der Waals surface area (Å²) in [5.74, 6) is -0.531. The van der Waals surface area contributed by atoms with E-state index >= 15 is 0 Å². The van der Waals surface area contributed by atoms with Gasteiger partial charge in [0.2, 0.25) is 10.0 Å². The van der Waals surface area contributed by atoms with E-state index in [4.69, 9.17) is 9.47 Å². The van der Waals surface area contributed by atoms with Gasteiger partial charge in [0, 0.05) is 19.3 Å². The number of carbonyl (C=O) groups excluding carboxylic acids is 2. The van der Waals surface area contributed by atoms with Gasteiger partial charge in [-0.1, -0.05) is 0 Å². The summed E-state index contributed by atoms with van der Waals surface area (Å²) in [6, 6.07) is 11.9. The van der Waals surface area contributed by atoms with E-state index in [9.17, 15) is 18.0 Å². The number of sulfonamides is 1. The predicted molar refractivity (Wildman–Crippen MR) is 105 cm³/mol. The Balaban J connectivity index is 1.86. The van der Waals surface area contributed by atoms with Gasteiger partial charge in [0.25, 0.3) is 5.91 Å². The lowest BCUT2D eigenvalue weighted by Crippen LogP contribution is -2.27. The van der Waals surface area contributed by atoms with Crippen LogP contribution in [0.1, 0.15) is 10.4 Å². The van der Waals surface area contributed by atoms with E-state index in [1.54, 1.807) is 12.1 Å². The maximum Gasteiger partial charge on any atom is 0.337 e. The molecule has 29 heavy (non-hydrogen) atoms. The van der Waals surface area contributed by atoms with E-state index in [1.165, 1.54) is 50.6 Å². The summed E-state index contributed by atoms with van der Waals surface area (Å²) in [5, 5.41) is 2.63. The number of rotatable bonds is 10. The maximum atomic E-state index is 12.1. The van der Waals surface area contributed by atoms with Crippen LogP contribution >= 0.6 is 0 Å². The number of carbonyl (C=O) groups is 2. The van der Waals surface area contributed by atoms with Gasteiger partial charge in [-0.15, -0.1) is 0 Å². The summed E-state index contributed by atoms with van der Waals surface area (Å²) in [4.78, 5) is 23.4. The maximum absolute atomic E-state index is 12.1. The van der Waals surface area contributed by atoms with E-state index in [-0.39, 0.29) is 24.7 Å². The first-order valence-corrected chi connectivity index (χ1v) is 10.0. The van der Waals surface area contributed by atoms with Crippen molar-refractivity contribution < 1.29 is 32.2 Å². The fourth-order valence-corrected chi connectivity index (χ4v) is 3.24. The topological polar surface area (TPSA) is 120 Å². The Kier molecular flexibility index (Phi) is 8.13. The van der Waals surface area contributed by atoms with Crippen LogP contribution in [-0.2, 0) is 24.3 Å². The van der Waals surface area contributed by atoms with Crippen molar-refractivity contribution in [3.05, 3.63) is 54.1 Å². The molecule has 0 aliphatic rings. The molecular weight excluding hydrogens is 400 g/mol. The van der Waals surface area contributed by atoms with E-state index in [1.807, 2.05) is 0 Å². The molecular formula is C19H22N2O7S. The number of nitrogens with one attached hydrogen (secondary N) is 2. The van der Waals surface area contributed by atoms with Crippen molar-refractivity contribution >= 4 is 27.6 Å². The lowest BCUT2D eigenvalue weighted by atomic mass is 10.2. The molecule has 0 bridgehead atoms. The van der Waals surface area contributed by atoms with Crippen LogP contribution in [0, 0.1) is 0 Å². The van der Waals surface area contributed by atoms with Gasteiger partial charge in [0.05, 0.1) is 24.2 Å². The summed E-state index contributed by atoms with van der Waals surface area (Å²) in [6.07, 6.45) is 0. The van der Waals surface area contributed by atoms with Crippen LogP contribution in [0.4, 0.5) is 5.69 Å². The van der Waals surface area contributed by atoms with Gasteiger partial charge in [-0.3, -0.25) is 4.79 Å². The zero-order chi connectivity index (χ0) is 21.3. The van der Waals surface area contributed by atoms with Gasteiger partial charge in [-0.25, -0.2) is 17.9 Å². The van der Waals surface area contributed by atoms with Crippen molar-refractivity contribution in [3.63, 3.8) is 0 Å². The molecule has 2 aromatic rings. The van der Waals surface area contributed by atoms with Crippen molar-refractivity contribution in [2.75, 3.05) is 39.3 Å². The van der Waals surface area contributed by atoms with Crippen LogP contribution in [0.15, 0.2) is 53.4 Å². The minimum atomic E-state index is -3.63. The normalized spacial score (nSPS) is 11.0.